The second-order valence-corrected chi connectivity index (χ2v) is 25.5. The first-order chi connectivity index (χ1) is 46.8. The van der Waals surface area contributed by atoms with Crippen LogP contribution in [0.5, 0.6) is 5.75 Å². The van der Waals surface area contributed by atoms with Crippen molar-refractivity contribution in [2.24, 2.45) is 0 Å². The lowest BCUT2D eigenvalue weighted by atomic mass is 9.98. The Balaban J connectivity index is 1.13. The Morgan fingerprint density at radius 1 is 0.396 bits per heavy atom. The van der Waals surface area contributed by atoms with E-state index in [9.17, 15) is 19.2 Å². The maximum absolute atomic E-state index is 12.8. The number of fused-ring (bicyclic) bond motifs is 8. The van der Waals surface area contributed by atoms with Crippen LogP contribution in [0.25, 0.3) is 90.9 Å². The van der Waals surface area contributed by atoms with Crippen LogP contribution in [0, 0.1) is 0 Å². The second kappa shape index (κ2) is 34.5. The molecule has 7 aromatic rings. The number of aryl methyl sites for hydroxylation is 3. The number of carbonyl (C=O) groups is 4. The van der Waals surface area contributed by atoms with E-state index in [0.717, 1.165) is 123 Å². The van der Waals surface area contributed by atoms with Gasteiger partial charge in [-0.3, -0.25) is 19.2 Å². The van der Waals surface area contributed by atoms with E-state index in [1.54, 1.807) is 12.1 Å². The first-order valence-electron chi connectivity index (χ1n) is 35.0. The van der Waals surface area contributed by atoms with E-state index in [0.29, 0.717) is 11.4 Å². The molecular formula is C79H96N7O10+3. The standard InChI is InChI=1S/C79H95N7O10/c1-8-11-14-17-20-23-44-84-47-38-59(39-48-84)73-65-32-30-63(80-65)72(58-26-28-62(29-27-58)95-79-78(94-57(7)90)77(93-56(6)89)76(92-55(5)88)71(96-79)53-91-54(4)87)64-31-33-66(81-64)74(60-40-49-85(50-41-60)45-24-21-18-15-12-9-2)68-35-37-70(83-68)75(69-36-34-67(73)82-69)61-42-51-86(52-43-61)46-25-22-19-16-13-10-3/h26-43,47-52,71,76-79H,8-25,44-46,53H2,1-7H3,(H,80,81,82,83)/q+2/p+1/t71-,76-,77+,78-,79-/m1/s1. The molecule has 10 rings (SSSR count). The molecule has 0 amide bonds. The molecular weight excluding hydrogens is 1210 g/mol. The molecule has 5 atom stereocenters. The van der Waals surface area contributed by atoms with Crippen molar-refractivity contribution in [3.63, 3.8) is 0 Å². The van der Waals surface area contributed by atoms with E-state index in [2.05, 4.69) is 167 Å². The Labute approximate surface area is 565 Å². The number of hydrogen-bond donors (Lipinski definition) is 2. The minimum Gasteiger partial charge on any atom is -0.463 e. The van der Waals surface area contributed by atoms with Gasteiger partial charge in [0.25, 0.3) is 0 Å². The number of nitrogens with zero attached hydrogens (tertiary/aromatic N) is 5. The first-order valence-corrected chi connectivity index (χ1v) is 35.0. The summed E-state index contributed by atoms with van der Waals surface area (Å²) in [5, 5.41) is 0. The molecule has 1 saturated heterocycles. The number of unbranched alkanes of at least 4 members (excludes halogenated alkanes) is 15. The van der Waals surface area contributed by atoms with E-state index in [1.807, 2.05) is 12.1 Å². The third-order valence-corrected chi connectivity index (χ3v) is 17.9. The van der Waals surface area contributed by atoms with Crippen molar-refractivity contribution in [2.75, 3.05) is 6.61 Å². The smallest absolute Gasteiger partial charge is 0.303 e. The monoisotopic (exact) mass is 1300 g/mol. The number of aromatic amines is 2. The molecule has 0 unspecified atom stereocenters. The summed E-state index contributed by atoms with van der Waals surface area (Å²) < 4.78 is 42.1. The van der Waals surface area contributed by atoms with Gasteiger partial charge in [-0.15, -0.1) is 0 Å². The normalized spacial score (nSPS) is 16.5. The fourth-order valence-corrected chi connectivity index (χ4v) is 13.1. The summed E-state index contributed by atoms with van der Waals surface area (Å²) in [6, 6.07) is 29.1. The summed E-state index contributed by atoms with van der Waals surface area (Å²) in [5.41, 5.74) is 14.1. The van der Waals surface area contributed by atoms with Crippen LogP contribution in [0.2, 0.25) is 0 Å². The molecule has 2 N–H and O–H groups in total. The van der Waals surface area contributed by atoms with Gasteiger partial charge in [-0.05, 0) is 102 Å². The number of aromatic nitrogens is 7. The summed E-state index contributed by atoms with van der Waals surface area (Å²) in [5.74, 6) is -2.55. The lowest BCUT2D eigenvalue weighted by Gasteiger charge is -2.43. The van der Waals surface area contributed by atoms with Gasteiger partial charge in [-0.2, -0.15) is 0 Å². The zero-order valence-electron chi connectivity index (χ0n) is 57.1. The number of hydrogen-bond acceptors (Lipinski definition) is 12. The summed E-state index contributed by atoms with van der Waals surface area (Å²) in [7, 11) is 0. The second-order valence-electron chi connectivity index (χ2n) is 25.5. The van der Waals surface area contributed by atoms with Gasteiger partial charge >= 0.3 is 23.9 Å². The minimum absolute atomic E-state index is 0.290. The van der Waals surface area contributed by atoms with Gasteiger partial charge in [0.05, 0.1) is 22.8 Å². The highest BCUT2D eigenvalue weighted by Crippen LogP contribution is 2.40. The van der Waals surface area contributed by atoms with Gasteiger partial charge < -0.3 is 38.4 Å². The van der Waals surface area contributed by atoms with Crippen molar-refractivity contribution in [2.45, 2.75) is 214 Å². The molecule has 17 heteroatoms. The maximum atomic E-state index is 12.8. The topological polar surface area (TPSA) is 193 Å². The zero-order chi connectivity index (χ0) is 67.3. The van der Waals surface area contributed by atoms with Gasteiger partial charge in [0.1, 0.15) is 38.1 Å². The van der Waals surface area contributed by atoms with E-state index in [4.69, 9.17) is 38.4 Å². The zero-order valence-corrected chi connectivity index (χ0v) is 57.1. The van der Waals surface area contributed by atoms with Crippen LogP contribution in [0.3, 0.4) is 0 Å². The Hall–Kier alpha value is -9.09. The van der Waals surface area contributed by atoms with E-state index < -0.39 is 61.2 Å². The van der Waals surface area contributed by atoms with Crippen LogP contribution in [-0.4, -0.2) is 81.1 Å². The summed E-state index contributed by atoms with van der Waals surface area (Å²) in [6.07, 6.45) is 36.8. The highest BCUT2D eigenvalue weighted by atomic mass is 16.7. The number of carbonyl (C=O) groups excluding carboxylic acids is 4. The van der Waals surface area contributed by atoms with E-state index >= 15 is 0 Å². The van der Waals surface area contributed by atoms with Crippen molar-refractivity contribution >= 4 is 70.2 Å². The Morgan fingerprint density at radius 2 is 0.719 bits per heavy atom. The quantitative estimate of drug-likeness (QED) is 0.0176. The van der Waals surface area contributed by atoms with Gasteiger partial charge in [-0.1, -0.05) is 110 Å². The number of ether oxygens (including phenoxy) is 6. The van der Waals surface area contributed by atoms with Crippen LogP contribution >= 0.6 is 0 Å². The molecule has 0 saturated carbocycles. The number of esters is 4. The highest BCUT2D eigenvalue weighted by molar-refractivity contribution is 5.99. The molecule has 8 bridgehead atoms. The molecule has 9 heterocycles. The molecule has 504 valence electrons. The third-order valence-electron chi connectivity index (χ3n) is 17.9. The van der Waals surface area contributed by atoms with Crippen molar-refractivity contribution in [1.82, 2.24) is 19.9 Å². The van der Waals surface area contributed by atoms with Crippen LogP contribution in [0.1, 0.15) is 187 Å². The molecule has 0 spiro atoms. The average Bonchev–Trinajstić information content (AvgIpc) is 1.54. The number of pyridine rings is 3. The molecule has 96 heavy (non-hydrogen) atoms. The van der Waals surface area contributed by atoms with Gasteiger partial charge in [0, 0.05) is 128 Å². The lowest BCUT2D eigenvalue weighted by Crippen LogP contribution is -2.63. The third kappa shape index (κ3) is 18.5. The summed E-state index contributed by atoms with van der Waals surface area (Å²) in [4.78, 5) is 69.1. The minimum atomic E-state index is -1.43. The Bertz CT molecular complexity index is 3950. The number of rotatable bonds is 32. The highest BCUT2D eigenvalue weighted by Gasteiger charge is 2.53. The van der Waals surface area contributed by atoms with Crippen LogP contribution < -0.4 is 18.4 Å². The van der Waals surface area contributed by atoms with Crippen LogP contribution in [-0.2, 0) is 62.5 Å². The number of nitrogens with one attached hydrogen (secondary N) is 2. The molecule has 1 fully saturated rings. The first kappa shape index (κ1) is 69.7. The Morgan fingerprint density at radius 3 is 1.06 bits per heavy atom. The predicted molar refractivity (Wildman–Crippen MR) is 374 cm³/mol. The molecule has 3 aliphatic rings. The van der Waals surface area contributed by atoms with Crippen molar-refractivity contribution in [3.8, 4) is 50.3 Å². The van der Waals surface area contributed by atoms with E-state index in [1.165, 1.54) is 124 Å². The molecule has 3 aliphatic heterocycles. The van der Waals surface area contributed by atoms with Crippen LogP contribution in [0.4, 0.5) is 0 Å². The van der Waals surface area contributed by atoms with Gasteiger partial charge in [0.2, 0.25) is 12.4 Å². The number of benzene rings is 1. The van der Waals surface area contributed by atoms with Crippen molar-refractivity contribution in [3.05, 3.63) is 145 Å². The largest absolute Gasteiger partial charge is 0.463 e. The average molecular weight is 1300 g/mol. The van der Waals surface area contributed by atoms with Gasteiger partial charge in [-0.25, -0.2) is 23.7 Å². The summed E-state index contributed by atoms with van der Waals surface area (Å²) in [6.45, 7) is 14.0. The molecule has 0 radical (unpaired) electrons. The molecule has 6 aromatic heterocycles. The predicted octanol–water partition coefficient (Wildman–Crippen LogP) is 15.7. The maximum Gasteiger partial charge on any atom is 0.303 e. The van der Waals surface area contributed by atoms with Crippen molar-refractivity contribution in [1.29, 1.82) is 0 Å². The molecule has 17 nitrogen and oxygen atoms in total. The Kier molecular flexibility index (Phi) is 25.1. The van der Waals surface area contributed by atoms with Gasteiger partial charge in [0.15, 0.2) is 49.4 Å². The van der Waals surface area contributed by atoms with E-state index in [-0.39, 0.29) is 0 Å². The molecule has 0 aliphatic carbocycles. The van der Waals surface area contributed by atoms with Crippen molar-refractivity contribution < 1.29 is 61.3 Å². The fraction of sp³-hybridized carbons (Fsp3) is 0.430. The fourth-order valence-electron chi connectivity index (χ4n) is 13.1. The lowest BCUT2D eigenvalue weighted by molar-refractivity contribution is -0.697. The summed E-state index contributed by atoms with van der Waals surface area (Å²) >= 11 is 0. The number of H-pyrrole nitrogens is 2. The van der Waals surface area contributed by atoms with Crippen LogP contribution in [0.15, 0.2) is 122 Å². The molecule has 1 aromatic carbocycles. The SMILES string of the molecule is CCCCCCCC[n+]1ccc(-c2c3nc(c(-c4cc[n+](CCCCCCCC)cc4)c4ccc([nH]4)c(-c4cc[n+](CCCCCCCC)cc4)c4nc(c(-c5ccc(O[C@@H]6O[C@H](COC(C)=O)[C@@H](OC(C)=O)[C@H](OC(C)=O)[C@H]6OC(C)=O)cc5)c5ccc2[nH]5)C=C4)C=C3)cc1.